The Balaban J connectivity index is 1.51. The summed E-state index contributed by atoms with van der Waals surface area (Å²) in [5.41, 5.74) is 2.37. The monoisotopic (exact) mass is 468 g/mol. The number of fused-ring (bicyclic) bond motifs is 1. The molecule has 0 radical (unpaired) electrons. The van der Waals surface area contributed by atoms with Crippen molar-refractivity contribution in [2.45, 2.75) is 19.0 Å². The fraction of sp³-hybridized carbons (Fsp3) is 0.240. The molecule has 34 heavy (non-hydrogen) atoms. The molecule has 0 aliphatic carbocycles. The number of halogens is 3. The minimum Gasteiger partial charge on any atom is -0.377 e. The number of anilines is 3. The van der Waals surface area contributed by atoms with E-state index >= 15 is 0 Å². The molecule has 9 heteroatoms. The highest BCUT2D eigenvalue weighted by Crippen LogP contribution is 2.34. The Morgan fingerprint density at radius 2 is 1.88 bits per heavy atom. The minimum atomic E-state index is -4.50. The van der Waals surface area contributed by atoms with Crippen molar-refractivity contribution in [2.24, 2.45) is 0 Å². The number of nitrogens with zero attached hydrogens (tertiary/aromatic N) is 3. The zero-order valence-corrected chi connectivity index (χ0v) is 18.7. The van der Waals surface area contributed by atoms with Gasteiger partial charge in [0.05, 0.1) is 17.5 Å². The summed E-state index contributed by atoms with van der Waals surface area (Å²) in [5.74, 6) is -0.576. The van der Waals surface area contributed by atoms with Crippen LogP contribution in [0.5, 0.6) is 0 Å². The van der Waals surface area contributed by atoms with Crippen LogP contribution in [0.2, 0.25) is 0 Å². The van der Waals surface area contributed by atoms with Gasteiger partial charge in [-0.15, -0.1) is 0 Å². The molecule has 4 rings (SSSR count). The Labute approximate surface area is 195 Å². The third kappa shape index (κ3) is 4.88. The van der Waals surface area contributed by atoms with Gasteiger partial charge in [-0.05, 0) is 60.5 Å². The van der Waals surface area contributed by atoms with E-state index in [9.17, 15) is 22.8 Å². The maximum absolute atomic E-state index is 13.1. The molecule has 176 valence electrons. The van der Waals surface area contributed by atoms with Gasteiger partial charge in [0.15, 0.2) is 0 Å². The van der Waals surface area contributed by atoms with Crippen molar-refractivity contribution in [3.8, 4) is 0 Å². The molecule has 0 saturated heterocycles. The van der Waals surface area contributed by atoms with Crippen molar-refractivity contribution in [1.82, 2.24) is 4.98 Å². The second-order valence-electron chi connectivity index (χ2n) is 8.21. The largest absolute Gasteiger partial charge is 0.416 e. The predicted molar refractivity (Wildman–Crippen MR) is 124 cm³/mol. The normalized spacial score (nSPS) is 12.9. The number of carbonyl (C=O) groups excluding carboxylic acids is 2. The Morgan fingerprint density at radius 1 is 1.09 bits per heavy atom. The van der Waals surface area contributed by atoms with Crippen LogP contribution in [0.3, 0.4) is 0 Å². The summed E-state index contributed by atoms with van der Waals surface area (Å²) in [6, 6.07) is 13.7. The minimum absolute atomic E-state index is 0.0605. The number of rotatable bonds is 5. The van der Waals surface area contributed by atoms with E-state index in [1.807, 2.05) is 6.07 Å². The molecule has 0 atom stereocenters. The first kappa shape index (κ1) is 23.3. The number of pyridine rings is 1. The Morgan fingerprint density at radius 3 is 2.56 bits per heavy atom. The van der Waals surface area contributed by atoms with Crippen LogP contribution in [-0.2, 0) is 23.8 Å². The van der Waals surface area contributed by atoms with Gasteiger partial charge in [0.2, 0.25) is 5.91 Å². The van der Waals surface area contributed by atoms with Crippen molar-refractivity contribution in [2.75, 3.05) is 35.8 Å². The van der Waals surface area contributed by atoms with Gasteiger partial charge in [0, 0.05) is 49.6 Å². The van der Waals surface area contributed by atoms with E-state index in [0.29, 0.717) is 24.3 Å². The first-order chi connectivity index (χ1) is 16.1. The average Bonchev–Trinajstić information content (AvgIpc) is 3.22. The summed E-state index contributed by atoms with van der Waals surface area (Å²) in [4.78, 5) is 33.0. The molecular formula is C25H23F3N4O2. The number of hydrogen-bond acceptors (Lipinski definition) is 4. The van der Waals surface area contributed by atoms with Gasteiger partial charge in [0.1, 0.15) is 0 Å². The molecule has 1 aliphatic heterocycles. The summed E-state index contributed by atoms with van der Waals surface area (Å²) in [5, 5.41) is 2.77. The quantitative estimate of drug-likeness (QED) is 0.597. The van der Waals surface area contributed by atoms with E-state index in [2.05, 4.69) is 10.3 Å². The fourth-order valence-electron chi connectivity index (χ4n) is 3.96. The fourth-order valence-corrected chi connectivity index (χ4v) is 3.96. The van der Waals surface area contributed by atoms with E-state index in [0.717, 1.165) is 23.4 Å². The highest BCUT2D eigenvalue weighted by atomic mass is 19.4. The van der Waals surface area contributed by atoms with Gasteiger partial charge < -0.3 is 15.1 Å². The molecule has 0 saturated carbocycles. The second-order valence-corrected chi connectivity index (χ2v) is 8.21. The number of amides is 2. The second kappa shape index (κ2) is 9.17. The number of aromatic nitrogens is 1. The number of carbonyl (C=O) groups is 2. The third-order valence-corrected chi connectivity index (χ3v) is 5.64. The smallest absolute Gasteiger partial charge is 0.377 e. The van der Waals surface area contributed by atoms with Gasteiger partial charge in [0.25, 0.3) is 5.91 Å². The Bertz CT molecular complexity index is 1230. The molecular weight excluding hydrogens is 445 g/mol. The summed E-state index contributed by atoms with van der Waals surface area (Å²) in [6.45, 7) is 0.530. The summed E-state index contributed by atoms with van der Waals surface area (Å²) in [7, 11) is 3.16. The molecule has 2 aromatic carbocycles. The lowest BCUT2D eigenvalue weighted by Gasteiger charge is -2.20. The zero-order valence-electron chi connectivity index (χ0n) is 18.7. The van der Waals surface area contributed by atoms with Crippen molar-refractivity contribution in [3.05, 3.63) is 83.2 Å². The topological polar surface area (TPSA) is 65.5 Å². The first-order valence-electron chi connectivity index (χ1n) is 10.7. The highest BCUT2D eigenvalue weighted by molar-refractivity contribution is 6.08. The van der Waals surface area contributed by atoms with Crippen LogP contribution in [-0.4, -0.2) is 37.4 Å². The van der Waals surface area contributed by atoms with Gasteiger partial charge in [-0.3, -0.25) is 14.6 Å². The van der Waals surface area contributed by atoms with Gasteiger partial charge in [-0.2, -0.15) is 13.2 Å². The maximum Gasteiger partial charge on any atom is 0.416 e. The summed E-state index contributed by atoms with van der Waals surface area (Å²) < 4.78 is 39.3. The van der Waals surface area contributed by atoms with Crippen molar-refractivity contribution < 1.29 is 22.8 Å². The SMILES string of the molecule is CN(C)c1cc(C(F)(F)F)ccc1C(=O)Nc1ccc2c(c1)CCN2C(=O)Cc1ccccn1. The molecule has 1 aromatic heterocycles. The molecule has 0 unspecified atom stereocenters. The van der Waals surface area contributed by atoms with Gasteiger partial charge >= 0.3 is 6.18 Å². The number of benzene rings is 2. The lowest BCUT2D eigenvalue weighted by atomic mass is 10.1. The highest BCUT2D eigenvalue weighted by Gasteiger charge is 2.32. The molecule has 0 spiro atoms. The van der Waals surface area contributed by atoms with E-state index < -0.39 is 17.6 Å². The molecule has 0 bridgehead atoms. The van der Waals surface area contributed by atoms with Crippen molar-refractivity contribution in [3.63, 3.8) is 0 Å². The van der Waals surface area contributed by atoms with E-state index in [4.69, 9.17) is 0 Å². The Kier molecular flexibility index (Phi) is 6.28. The van der Waals surface area contributed by atoms with Crippen LogP contribution in [0.25, 0.3) is 0 Å². The molecule has 0 fully saturated rings. The van der Waals surface area contributed by atoms with Crippen LogP contribution in [0, 0.1) is 0 Å². The van der Waals surface area contributed by atoms with E-state index in [1.54, 1.807) is 55.5 Å². The van der Waals surface area contributed by atoms with Crippen LogP contribution < -0.4 is 15.1 Å². The molecule has 2 amide bonds. The number of hydrogen-bond donors (Lipinski definition) is 1. The molecule has 1 aliphatic rings. The van der Waals surface area contributed by atoms with Crippen molar-refractivity contribution in [1.29, 1.82) is 0 Å². The molecule has 1 N–H and O–H groups in total. The van der Waals surface area contributed by atoms with E-state index in [-0.39, 0.29) is 23.6 Å². The lowest BCUT2D eigenvalue weighted by Crippen LogP contribution is -2.30. The number of nitrogens with one attached hydrogen (secondary N) is 1. The average molecular weight is 468 g/mol. The Hall–Kier alpha value is -3.88. The molecule has 6 nitrogen and oxygen atoms in total. The van der Waals surface area contributed by atoms with Crippen LogP contribution in [0.15, 0.2) is 60.8 Å². The standard InChI is InChI=1S/C25H23F3N4O2/c1-31(2)22-14-17(25(26,27)28)6-8-20(22)24(34)30-19-7-9-21-16(13-19)10-12-32(21)23(33)15-18-5-3-4-11-29-18/h3-9,11,13-14H,10,12,15H2,1-2H3,(H,30,34). The maximum atomic E-state index is 13.1. The van der Waals surface area contributed by atoms with Gasteiger partial charge in [-0.25, -0.2) is 0 Å². The predicted octanol–water partition coefficient (Wildman–Crippen LogP) is 4.55. The van der Waals surface area contributed by atoms with Crippen LogP contribution in [0.4, 0.5) is 30.2 Å². The van der Waals surface area contributed by atoms with Crippen LogP contribution in [0.1, 0.15) is 27.2 Å². The van der Waals surface area contributed by atoms with Gasteiger partial charge in [-0.1, -0.05) is 6.07 Å². The molecule has 3 aromatic rings. The van der Waals surface area contributed by atoms with Crippen molar-refractivity contribution >= 4 is 28.9 Å². The third-order valence-electron chi connectivity index (χ3n) is 5.64. The summed E-state index contributed by atoms with van der Waals surface area (Å²) in [6.07, 6.45) is -2.02. The zero-order chi connectivity index (χ0) is 24.5. The lowest BCUT2D eigenvalue weighted by molar-refractivity contribution is -0.137. The summed E-state index contributed by atoms with van der Waals surface area (Å²) >= 11 is 0. The van der Waals surface area contributed by atoms with E-state index in [1.165, 1.54) is 11.0 Å². The van der Waals surface area contributed by atoms with Crippen LogP contribution >= 0.6 is 0 Å². The first-order valence-corrected chi connectivity index (χ1v) is 10.7. The number of alkyl halides is 3. The molecule has 2 heterocycles.